The minimum atomic E-state index is -0.613. The van der Waals surface area contributed by atoms with Gasteiger partial charge in [-0.3, -0.25) is 14.8 Å². The Morgan fingerprint density at radius 3 is 2.60 bits per heavy atom. The van der Waals surface area contributed by atoms with Crippen molar-refractivity contribution in [1.82, 2.24) is 0 Å². The van der Waals surface area contributed by atoms with Crippen LogP contribution in [0.2, 0.25) is 0 Å². The van der Waals surface area contributed by atoms with Crippen LogP contribution in [0.3, 0.4) is 0 Å². The number of esters is 1. The maximum absolute atomic E-state index is 13.0. The van der Waals surface area contributed by atoms with Crippen LogP contribution in [0.5, 0.6) is 0 Å². The Morgan fingerprint density at radius 1 is 1.20 bits per heavy atom. The second-order valence-electron chi connectivity index (χ2n) is 12.0. The summed E-state index contributed by atoms with van der Waals surface area (Å²) in [5.74, 6) is 2.79. The molecule has 0 radical (unpaired) electrons. The fraction of sp³-hybridized carbons (Fsp3) is 0.920. The smallest absolute Gasteiger partial charge is 0.302 e. The molecule has 0 spiro atoms. The fourth-order valence-corrected chi connectivity index (χ4v) is 8.60. The van der Waals surface area contributed by atoms with E-state index in [0.29, 0.717) is 35.4 Å². The van der Waals surface area contributed by atoms with Crippen molar-refractivity contribution in [3.8, 4) is 0 Å². The van der Waals surface area contributed by atoms with Crippen LogP contribution >= 0.6 is 0 Å². The van der Waals surface area contributed by atoms with Crippen molar-refractivity contribution in [3.05, 3.63) is 0 Å². The summed E-state index contributed by atoms with van der Waals surface area (Å²) in [7, 11) is 0. The molecule has 0 saturated heterocycles. The lowest BCUT2D eigenvalue weighted by atomic mass is 9.42. The first-order valence-electron chi connectivity index (χ1n) is 12.0. The second-order valence-corrected chi connectivity index (χ2v) is 12.0. The number of Topliss-reactive ketones (excluding diaryl/α,β-unsaturated/α-hetero) is 1. The minimum absolute atomic E-state index is 0.0507. The van der Waals surface area contributed by atoms with E-state index in [0.717, 1.165) is 44.9 Å². The van der Waals surface area contributed by atoms with Gasteiger partial charge < -0.3 is 4.74 Å². The molecular formula is C25H40O5. The first-order chi connectivity index (χ1) is 14.0. The van der Waals surface area contributed by atoms with Crippen LogP contribution < -0.4 is 0 Å². The van der Waals surface area contributed by atoms with Crippen molar-refractivity contribution in [2.24, 2.45) is 40.4 Å². The van der Waals surface area contributed by atoms with E-state index in [1.54, 1.807) is 0 Å². The predicted octanol–water partition coefficient (Wildman–Crippen LogP) is 5.41. The number of ketones is 1. The zero-order chi connectivity index (χ0) is 21.9. The number of ether oxygens (including phenoxy) is 1. The van der Waals surface area contributed by atoms with Gasteiger partial charge in [-0.2, -0.15) is 0 Å². The van der Waals surface area contributed by atoms with E-state index in [1.165, 1.54) is 19.8 Å². The quantitative estimate of drug-likeness (QED) is 0.374. The van der Waals surface area contributed by atoms with Crippen LogP contribution in [-0.2, 0) is 19.2 Å². The summed E-state index contributed by atoms with van der Waals surface area (Å²) in [6.07, 6.45) is 8.82. The largest absolute Gasteiger partial charge is 0.463 e. The molecule has 0 bridgehead atoms. The minimum Gasteiger partial charge on any atom is -0.463 e. The highest BCUT2D eigenvalue weighted by atomic mass is 17.1. The summed E-state index contributed by atoms with van der Waals surface area (Å²) in [6.45, 7) is 10.1. The molecule has 4 aliphatic carbocycles. The van der Waals surface area contributed by atoms with Crippen molar-refractivity contribution in [2.45, 2.75) is 104 Å². The van der Waals surface area contributed by atoms with E-state index < -0.39 is 5.60 Å². The summed E-state index contributed by atoms with van der Waals surface area (Å²) >= 11 is 0. The van der Waals surface area contributed by atoms with Crippen molar-refractivity contribution in [3.63, 3.8) is 0 Å². The predicted molar refractivity (Wildman–Crippen MR) is 114 cm³/mol. The van der Waals surface area contributed by atoms with Crippen molar-refractivity contribution >= 4 is 11.8 Å². The molecule has 1 N–H and O–H groups in total. The Hall–Kier alpha value is -0.940. The van der Waals surface area contributed by atoms with E-state index in [4.69, 9.17) is 9.62 Å². The van der Waals surface area contributed by atoms with Crippen molar-refractivity contribution in [1.29, 1.82) is 0 Å². The molecule has 4 saturated carbocycles. The Balaban J connectivity index is 1.66. The SMILES string of the molecule is CC(=O)O[C@@H]1CC[C@]2(C)C3C(CC(C)(C)OO)C[C@]4(C)C(=O)CC[C@H]4[C@@H]3CC[C@@H]2C1. The molecule has 4 fully saturated rings. The molecule has 0 aromatic carbocycles. The summed E-state index contributed by atoms with van der Waals surface area (Å²) < 4.78 is 5.61. The van der Waals surface area contributed by atoms with Crippen LogP contribution in [0.4, 0.5) is 0 Å². The van der Waals surface area contributed by atoms with Crippen LogP contribution in [0, 0.1) is 40.4 Å². The Morgan fingerprint density at radius 2 is 1.93 bits per heavy atom. The molecule has 0 aromatic heterocycles. The summed E-state index contributed by atoms with van der Waals surface area (Å²) in [5, 5.41) is 9.52. The number of fused-ring (bicyclic) bond motifs is 5. The van der Waals surface area contributed by atoms with Gasteiger partial charge in [0.15, 0.2) is 0 Å². The molecule has 4 rings (SSSR count). The molecule has 0 aromatic rings. The normalized spacial score (nSPS) is 46.0. The first-order valence-corrected chi connectivity index (χ1v) is 12.0. The first kappa shape index (κ1) is 22.3. The maximum Gasteiger partial charge on any atom is 0.302 e. The second kappa shape index (κ2) is 7.58. The van der Waals surface area contributed by atoms with Gasteiger partial charge in [-0.1, -0.05) is 13.8 Å². The molecule has 8 atom stereocenters. The van der Waals surface area contributed by atoms with Gasteiger partial charge in [0.05, 0.1) is 5.60 Å². The highest BCUT2D eigenvalue weighted by molar-refractivity contribution is 5.87. The van der Waals surface area contributed by atoms with Gasteiger partial charge in [0, 0.05) is 18.8 Å². The number of carbonyl (C=O) groups excluding carboxylic acids is 2. The van der Waals surface area contributed by atoms with Crippen LogP contribution in [-0.4, -0.2) is 28.7 Å². The average Bonchev–Trinajstić information content (AvgIpc) is 2.95. The molecule has 5 heteroatoms. The third-order valence-electron chi connectivity index (χ3n) is 9.74. The molecule has 0 aliphatic heterocycles. The number of rotatable bonds is 4. The topological polar surface area (TPSA) is 72.8 Å². The molecule has 0 heterocycles. The Kier molecular flexibility index (Phi) is 5.63. The lowest BCUT2D eigenvalue weighted by molar-refractivity contribution is -0.320. The third kappa shape index (κ3) is 3.54. The highest BCUT2D eigenvalue weighted by Crippen LogP contribution is 2.68. The van der Waals surface area contributed by atoms with Gasteiger partial charge >= 0.3 is 5.97 Å². The summed E-state index contributed by atoms with van der Waals surface area (Å²) in [5.41, 5.74) is -0.628. The van der Waals surface area contributed by atoms with Gasteiger partial charge in [0.1, 0.15) is 11.9 Å². The number of hydrogen-bond acceptors (Lipinski definition) is 5. The molecule has 5 nitrogen and oxygen atoms in total. The zero-order valence-electron chi connectivity index (χ0n) is 19.4. The fourth-order valence-electron chi connectivity index (χ4n) is 8.60. The lowest BCUT2D eigenvalue weighted by Crippen LogP contribution is -2.58. The van der Waals surface area contributed by atoms with E-state index in [-0.39, 0.29) is 22.9 Å². The van der Waals surface area contributed by atoms with Gasteiger partial charge in [0.2, 0.25) is 0 Å². The summed E-state index contributed by atoms with van der Waals surface area (Å²) in [6, 6.07) is 0. The van der Waals surface area contributed by atoms with Gasteiger partial charge in [-0.05, 0) is 100 Å². The summed E-state index contributed by atoms with van der Waals surface area (Å²) in [4.78, 5) is 29.4. The van der Waals surface area contributed by atoms with Gasteiger partial charge in [0.25, 0.3) is 0 Å². The van der Waals surface area contributed by atoms with Gasteiger partial charge in [-0.15, -0.1) is 0 Å². The highest BCUT2D eigenvalue weighted by Gasteiger charge is 2.63. The molecule has 170 valence electrons. The molecule has 0 amide bonds. The van der Waals surface area contributed by atoms with Gasteiger partial charge in [-0.25, -0.2) is 4.89 Å². The van der Waals surface area contributed by atoms with Crippen LogP contribution in [0.1, 0.15) is 92.4 Å². The third-order valence-corrected chi connectivity index (χ3v) is 9.74. The molecular weight excluding hydrogens is 380 g/mol. The Labute approximate surface area is 181 Å². The average molecular weight is 421 g/mol. The van der Waals surface area contributed by atoms with E-state index in [1.807, 2.05) is 13.8 Å². The van der Waals surface area contributed by atoms with E-state index >= 15 is 0 Å². The standard InChI is InChI=1S/C25H40O5/c1-15(26)29-18-10-11-24(4)17(12-18)6-7-19-20-8-9-21(27)25(20,5)14-16(22(19)24)13-23(2,3)30-28/h16-20,22,28H,6-14H2,1-5H3/t16?,17-,18-,19+,20+,22?,24+,25+/m1/s1. The Bertz CT molecular complexity index is 702. The zero-order valence-corrected chi connectivity index (χ0v) is 19.4. The monoisotopic (exact) mass is 420 g/mol. The van der Waals surface area contributed by atoms with Crippen molar-refractivity contribution < 1.29 is 24.5 Å². The van der Waals surface area contributed by atoms with E-state index in [2.05, 4.69) is 13.8 Å². The van der Waals surface area contributed by atoms with Crippen molar-refractivity contribution in [2.75, 3.05) is 0 Å². The van der Waals surface area contributed by atoms with E-state index in [9.17, 15) is 14.8 Å². The molecule has 2 unspecified atom stereocenters. The number of hydrogen-bond donors (Lipinski definition) is 1. The molecule has 4 aliphatic rings. The van der Waals surface area contributed by atoms with Crippen LogP contribution in [0.25, 0.3) is 0 Å². The van der Waals surface area contributed by atoms with Crippen LogP contribution in [0.15, 0.2) is 0 Å². The maximum atomic E-state index is 13.0. The molecule has 30 heavy (non-hydrogen) atoms. The number of carbonyl (C=O) groups is 2. The lowest BCUT2D eigenvalue weighted by Gasteiger charge is -2.63.